The van der Waals surface area contributed by atoms with Crippen LogP contribution in [0.25, 0.3) is 16.8 Å². The topological polar surface area (TPSA) is 124 Å². The van der Waals surface area contributed by atoms with Gasteiger partial charge in [-0.2, -0.15) is 0 Å². The average molecular weight is 527 g/mol. The summed E-state index contributed by atoms with van der Waals surface area (Å²) in [7, 11) is -3.93. The summed E-state index contributed by atoms with van der Waals surface area (Å²) in [5, 5.41) is 24.3. The smallest absolute Gasteiger partial charge is 0.265 e. The molecule has 0 aliphatic carbocycles. The van der Waals surface area contributed by atoms with Crippen LogP contribution in [0.3, 0.4) is 0 Å². The number of hydrogen-bond donors (Lipinski definition) is 4. The van der Waals surface area contributed by atoms with Gasteiger partial charge in [-0.3, -0.25) is 9.71 Å². The van der Waals surface area contributed by atoms with Crippen molar-refractivity contribution >= 4 is 21.3 Å². The molecule has 0 spiro atoms. The van der Waals surface area contributed by atoms with Crippen LogP contribution in [0, 0.1) is 0 Å². The highest BCUT2D eigenvalue weighted by atomic mass is 32.2. The van der Waals surface area contributed by atoms with Crippen molar-refractivity contribution in [3.63, 3.8) is 0 Å². The van der Waals surface area contributed by atoms with E-state index < -0.39 is 10.0 Å². The molecule has 1 aliphatic rings. The van der Waals surface area contributed by atoms with Crippen LogP contribution in [0.4, 0.5) is 5.69 Å². The maximum absolute atomic E-state index is 12.6. The first kappa shape index (κ1) is 25.0. The molecule has 0 radical (unpaired) electrons. The fraction of sp³-hybridized carbons (Fsp3) is 0.103. The van der Waals surface area contributed by atoms with E-state index in [-0.39, 0.29) is 16.4 Å². The molecule has 0 unspecified atom stereocenters. The van der Waals surface area contributed by atoms with Gasteiger partial charge in [0.05, 0.1) is 23.3 Å². The molecule has 8 nitrogen and oxygen atoms in total. The number of nitrogens with zero attached hydrogens (tertiary/aromatic N) is 2. The summed E-state index contributed by atoms with van der Waals surface area (Å²) in [5.74, 6) is -0.171. The maximum Gasteiger partial charge on any atom is 0.265 e. The van der Waals surface area contributed by atoms with Crippen LogP contribution in [-0.4, -0.2) is 23.6 Å². The molecule has 38 heavy (non-hydrogen) atoms. The number of para-hydroxylation sites is 2. The zero-order chi connectivity index (χ0) is 26.7. The fourth-order valence-electron chi connectivity index (χ4n) is 4.19. The number of sulfonamides is 1. The number of aromatic hydroxyl groups is 2. The van der Waals surface area contributed by atoms with Crippen LogP contribution in [0.15, 0.2) is 101 Å². The van der Waals surface area contributed by atoms with Gasteiger partial charge in [-0.15, -0.1) is 0 Å². The van der Waals surface area contributed by atoms with E-state index in [1.165, 1.54) is 12.1 Å². The van der Waals surface area contributed by atoms with E-state index in [1.54, 1.807) is 48.5 Å². The summed E-state index contributed by atoms with van der Waals surface area (Å²) >= 11 is 0. The van der Waals surface area contributed by atoms with E-state index >= 15 is 0 Å². The molecule has 4 aromatic rings. The van der Waals surface area contributed by atoms with Gasteiger partial charge in [0.1, 0.15) is 16.4 Å². The van der Waals surface area contributed by atoms with Gasteiger partial charge in [0.15, 0.2) is 0 Å². The van der Waals surface area contributed by atoms with Gasteiger partial charge in [-0.1, -0.05) is 36.4 Å². The zero-order valence-electron chi connectivity index (χ0n) is 20.6. The molecule has 4 N–H and O–H groups in total. The average Bonchev–Trinajstić information content (AvgIpc) is 3.09. The normalized spacial score (nSPS) is 13.3. The van der Waals surface area contributed by atoms with Crippen LogP contribution in [0.5, 0.6) is 11.5 Å². The van der Waals surface area contributed by atoms with Crippen LogP contribution in [-0.2, 0) is 23.1 Å². The molecule has 1 aliphatic heterocycles. The van der Waals surface area contributed by atoms with Crippen molar-refractivity contribution in [2.24, 2.45) is 4.99 Å². The third-order valence-electron chi connectivity index (χ3n) is 6.11. The monoisotopic (exact) mass is 526 g/mol. The summed E-state index contributed by atoms with van der Waals surface area (Å²) in [6.45, 7) is 2.95. The number of nitrogens with one attached hydrogen (secondary N) is 2. The van der Waals surface area contributed by atoms with Gasteiger partial charge in [0, 0.05) is 24.0 Å². The Kier molecular flexibility index (Phi) is 6.85. The molecule has 0 fully saturated rings. The Bertz CT molecular complexity index is 1720. The second kappa shape index (κ2) is 10.4. The predicted octanol–water partition coefficient (Wildman–Crippen LogP) is 4.53. The number of phenolic OH excluding ortho intramolecular Hbond substituents is 2. The van der Waals surface area contributed by atoms with Crippen molar-refractivity contribution in [2.45, 2.75) is 24.9 Å². The second-order valence-corrected chi connectivity index (χ2v) is 10.5. The first-order valence-electron chi connectivity index (χ1n) is 11.9. The molecule has 2 heterocycles. The number of anilines is 1. The second-order valence-electron chi connectivity index (χ2n) is 8.90. The Labute approximate surface area is 220 Å². The third-order valence-corrected chi connectivity index (χ3v) is 7.54. The van der Waals surface area contributed by atoms with Crippen molar-refractivity contribution in [2.75, 3.05) is 4.72 Å². The van der Waals surface area contributed by atoms with Crippen molar-refractivity contribution in [3.8, 4) is 22.8 Å². The van der Waals surface area contributed by atoms with Crippen LogP contribution >= 0.6 is 0 Å². The van der Waals surface area contributed by atoms with Crippen molar-refractivity contribution in [3.05, 3.63) is 113 Å². The van der Waals surface area contributed by atoms with E-state index in [2.05, 4.69) is 10.0 Å². The lowest BCUT2D eigenvalue weighted by Gasteiger charge is -2.13. The minimum absolute atomic E-state index is 0.142. The van der Waals surface area contributed by atoms with Gasteiger partial charge < -0.3 is 15.5 Å². The number of hydrogen-bond acceptors (Lipinski definition) is 7. The summed E-state index contributed by atoms with van der Waals surface area (Å²) < 4.78 is 27.8. The lowest BCUT2D eigenvalue weighted by molar-refractivity contribution is 0.459. The molecule has 1 aromatic heterocycles. The van der Waals surface area contributed by atoms with Gasteiger partial charge in [0.2, 0.25) is 0 Å². The molecule has 0 bridgehead atoms. The molecule has 3 aromatic carbocycles. The van der Waals surface area contributed by atoms with Crippen LogP contribution < -0.4 is 15.4 Å². The van der Waals surface area contributed by atoms with E-state index in [9.17, 15) is 18.6 Å². The van der Waals surface area contributed by atoms with E-state index in [0.717, 1.165) is 22.4 Å². The van der Waals surface area contributed by atoms with Crippen molar-refractivity contribution in [1.82, 2.24) is 10.3 Å². The Morgan fingerprint density at radius 3 is 2.39 bits per heavy atom. The third kappa shape index (κ3) is 5.37. The Morgan fingerprint density at radius 1 is 0.947 bits per heavy atom. The largest absolute Gasteiger partial charge is 0.507 e. The number of fused-ring (bicyclic) bond motifs is 1. The number of allylic oxidation sites excluding steroid dienone is 1. The quantitative estimate of drug-likeness (QED) is 0.293. The molecule has 0 saturated carbocycles. The Balaban J connectivity index is 1.44. The summed E-state index contributed by atoms with van der Waals surface area (Å²) in [4.78, 5) is 9.47. The molecular weight excluding hydrogens is 500 g/mol. The highest BCUT2D eigenvalue weighted by Gasteiger charge is 2.18. The van der Waals surface area contributed by atoms with Crippen LogP contribution in [0.2, 0.25) is 0 Å². The summed E-state index contributed by atoms with van der Waals surface area (Å²) in [6, 6.07) is 23.6. The number of benzene rings is 3. The number of rotatable bonds is 6. The molecule has 5 rings (SSSR count). The maximum atomic E-state index is 12.6. The van der Waals surface area contributed by atoms with Crippen LogP contribution in [0.1, 0.15) is 23.7 Å². The highest BCUT2D eigenvalue weighted by molar-refractivity contribution is 7.92. The molecule has 192 valence electrons. The summed E-state index contributed by atoms with van der Waals surface area (Å²) in [6.07, 6.45) is 1.93. The van der Waals surface area contributed by atoms with E-state index in [0.29, 0.717) is 35.4 Å². The Morgan fingerprint density at radius 2 is 1.66 bits per heavy atom. The summed E-state index contributed by atoms with van der Waals surface area (Å²) in [5.41, 5.74) is 5.33. The van der Waals surface area contributed by atoms with E-state index in [4.69, 9.17) is 9.98 Å². The lowest BCUT2D eigenvalue weighted by atomic mass is 10.1. The number of phenols is 2. The van der Waals surface area contributed by atoms with Crippen molar-refractivity contribution < 1.29 is 18.6 Å². The predicted molar refractivity (Wildman–Crippen MR) is 146 cm³/mol. The molecule has 0 atom stereocenters. The van der Waals surface area contributed by atoms with Gasteiger partial charge in [-0.05, 0) is 72.2 Å². The van der Waals surface area contributed by atoms with Gasteiger partial charge in [0.25, 0.3) is 10.0 Å². The minimum atomic E-state index is -3.93. The Hall–Kier alpha value is -4.63. The highest BCUT2D eigenvalue weighted by Crippen LogP contribution is 2.28. The molecule has 0 saturated heterocycles. The fourth-order valence-corrected chi connectivity index (χ4v) is 5.34. The standard InChI is InChI=1S/C29H26N4O4S/c1-19-16-30-18-21-14-23(15-25(32-29(19)21)24-6-2-3-7-26(24)34)31-17-20-10-12-22(13-11-20)33-38(36,37)28-9-5-4-8-27(28)35/h2-16,30,33-35H,17-18H2,1H3. The lowest BCUT2D eigenvalue weighted by Crippen LogP contribution is -2.14. The molecule has 9 heteroatoms. The van der Waals surface area contributed by atoms with Gasteiger partial charge in [-0.25, -0.2) is 13.4 Å². The first-order valence-corrected chi connectivity index (χ1v) is 13.4. The zero-order valence-corrected chi connectivity index (χ0v) is 21.4. The van der Waals surface area contributed by atoms with Crippen molar-refractivity contribution in [1.29, 1.82) is 0 Å². The van der Waals surface area contributed by atoms with E-state index in [1.807, 2.05) is 37.4 Å². The molecular formula is C29H26N4O4S. The minimum Gasteiger partial charge on any atom is -0.507 e. The number of aromatic nitrogens is 1. The first-order chi connectivity index (χ1) is 18.3. The van der Waals surface area contributed by atoms with Gasteiger partial charge >= 0.3 is 0 Å². The molecule has 0 amide bonds. The SMILES string of the molecule is CC1=CNCc2cc(=NCc3ccc(NS(=O)(=O)c4ccccc4O)cc3)cc(-c3ccccc3O)nc21.